The number of halogens is 2. The van der Waals surface area contributed by atoms with Gasteiger partial charge in [0.05, 0.1) is 19.8 Å². The second-order valence-corrected chi connectivity index (χ2v) is 14.6. The van der Waals surface area contributed by atoms with Gasteiger partial charge in [0.15, 0.2) is 0 Å². The minimum Gasteiger partial charge on any atom is -0.377 e. The lowest BCUT2D eigenvalue weighted by Crippen LogP contribution is -2.21. The zero-order chi connectivity index (χ0) is 19.1. The zero-order valence-corrected chi connectivity index (χ0v) is 17.6. The van der Waals surface area contributed by atoms with E-state index in [2.05, 4.69) is 19.6 Å². The van der Waals surface area contributed by atoms with Crippen LogP contribution in [0.25, 0.3) is 0 Å². The summed E-state index contributed by atoms with van der Waals surface area (Å²) >= 11 is 0. The van der Waals surface area contributed by atoms with Gasteiger partial charge in [0.2, 0.25) is 0 Å². The molecule has 0 bridgehead atoms. The van der Waals surface area contributed by atoms with E-state index in [-0.39, 0.29) is 25.4 Å². The van der Waals surface area contributed by atoms with Gasteiger partial charge in [-0.05, 0) is 31.5 Å². The Balaban J connectivity index is 2.89. The largest absolute Gasteiger partial charge is 0.404 e. The Morgan fingerprint density at radius 2 is 1.72 bits per heavy atom. The van der Waals surface area contributed by atoms with Crippen molar-refractivity contribution in [3.8, 4) is 0 Å². The molecular formula is C17H29F2O4PSi. The summed E-state index contributed by atoms with van der Waals surface area (Å²) in [5, 5.41) is 0. The van der Waals surface area contributed by atoms with Crippen LogP contribution in [0.1, 0.15) is 25.0 Å². The van der Waals surface area contributed by atoms with Crippen LogP contribution < -0.4 is 0 Å². The van der Waals surface area contributed by atoms with Crippen molar-refractivity contribution < 1.29 is 27.1 Å². The summed E-state index contributed by atoms with van der Waals surface area (Å²) in [4.78, 5) is 0. The molecule has 8 heteroatoms. The number of ether oxygens (including phenoxy) is 1. The maximum atomic E-state index is 14.8. The Morgan fingerprint density at radius 1 is 1.12 bits per heavy atom. The van der Waals surface area contributed by atoms with Crippen molar-refractivity contribution in [3.63, 3.8) is 0 Å². The summed E-state index contributed by atoms with van der Waals surface area (Å²) in [5.74, 6) is 0. The molecule has 4 nitrogen and oxygen atoms in total. The van der Waals surface area contributed by atoms with Crippen LogP contribution in [0, 0.1) is 0 Å². The maximum Gasteiger partial charge on any atom is 0.404 e. The Morgan fingerprint density at radius 3 is 2.24 bits per heavy atom. The third-order valence-corrected chi connectivity index (χ3v) is 7.33. The first-order valence-electron chi connectivity index (χ1n) is 8.50. The van der Waals surface area contributed by atoms with E-state index in [0.717, 1.165) is 6.04 Å². The average molecular weight is 394 g/mol. The van der Waals surface area contributed by atoms with Gasteiger partial charge < -0.3 is 13.8 Å². The van der Waals surface area contributed by atoms with E-state index < -0.39 is 21.3 Å². The second kappa shape index (κ2) is 9.37. The lowest BCUT2D eigenvalue weighted by Gasteiger charge is -2.26. The van der Waals surface area contributed by atoms with Crippen LogP contribution in [0.5, 0.6) is 0 Å². The van der Waals surface area contributed by atoms with Crippen LogP contribution in [-0.2, 0) is 30.6 Å². The summed E-state index contributed by atoms with van der Waals surface area (Å²) in [6.07, 6.45) is 0. The maximum absolute atomic E-state index is 14.8. The van der Waals surface area contributed by atoms with Crippen molar-refractivity contribution in [2.75, 3.05) is 19.8 Å². The summed E-state index contributed by atoms with van der Waals surface area (Å²) in [7, 11) is -5.78. The van der Waals surface area contributed by atoms with Gasteiger partial charge in [-0.3, -0.25) is 4.57 Å². The van der Waals surface area contributed by atoms with Gasteiger partial charge in [-0.1, -0.05) is 37.8 Å². The lowest BCUT2D eigenvalue weighted by atomic mass is 10.1. The first-order chi connectivity index (χ1) is 11.6. The van der Waals surface area contributed by atoms with Gasteiger partial charge in [-0.25, -0.2) is 0 Å². The first-order valence-corrected chi connectivity index (χ1v) is 13.7. The molecule has 25 heavy (non-hydrogen) atoms. The average Bonchev–Trinajstić information content (AvgIpc) is 2.51. The van der Waals surface area contributed by atoms with Gasteiger partial charge in [0.1, 0.15) is 0 Å². The normalized spacial score (nSPS) is 13.2. The standard InChI is InChI=1S/C17H29F2O4PSi/c1-6-22-24(20,23-7-2)17(18,19)16-10-8-9-15(13-16)14-21-11-12-25(3,4)5/h8-10,13H,6-7,11-12,14H2,1-5H3. The molecule has 0 radical (unpaired) electrons. The highest BCUT2D eigenvalue weighted by molar-refractivity contribution is 7.54. The van der Waals surface area contributed by atoms with Crippen molar-refractivity contribution in [1.82, 2.24) is 0 Å². The van der Waals surface area contributed by atoms with E-state index in [9.17, 15) is 13.3 Å². The number of hydrogen-bond acceptors (Lipinski definition) is 4. The molecule has 0 N–H and O–H groups in total. The first kappa shape index (κ1) is 22.4. The van der Waals surface area contributed by atoms with Crippen molar-refractivity contribution in [2.24, 2.45) is 0 Å². The Labute approximate surface area is 150 Å². The molecule has 0 aliphatic rings. The molecule has 0 aliphatic carbocycles. The molecule has 0 heterocycles. The molecule has 0 amide bonds. The monoisotopic (exact) mass is 394 g/mol. The minimum absolute atomic E-state index is 0.119. The number of alkyl halides is 2. The third kappa shape index (κ3) is 6.57. The van der Waals surface area contributed by atoms with E-state index in [4.69, 9.17) is 13.8 Å². The molecule has 0 spiro atoms. The fourth-order valence-corrected chi connectivity index (χ4v) is 4.40. The molecule has 0 aromatic heterocycles. The third-order valence-electron chi connectivity index (χ3n) is 3.48. The lowest BCUT2D eigenvalue weighted by molar-refractivity contribution is 0.0358. The van der Waals surface area contributed by atoms with Crippen LogP contribution in [0.4, 0.5) is 8.78 Å². The quantitative estimate of drug-likeness (QED) is 0.268. The number of hydrogen-bond donors (Lipinski definition) is 0. The predicted molar refractivity (Wildman–Crippen MR) is 99.0 cm³/mol. The highest BCUT2D eigenvalue weighted by Gasteiger charge is 2.54. The Kier molecular flexibility index (Phi) is 8.42. The van der Waals surface area contributed by atoms with Crippen molar-refractivity contribution >= 4 is 15.7 Å². The van der Waals surface area contributed by atoms with E-state index in [1.54, 1.807) is 6.07 Å². The molecule has 0 saturated carbocycles. The molecular weight excluding hydrogens is 365 g/mol. The minimum atomic E-state index is -4.59. The molecule has 0 fully saturated rings. The topological polar surface area (TPSA) is 44.8 Å². The van der Waals surface area contributed by atoms with E-state index >= 15 is 0 Å². The highest BCUT2D eigenvalue weighted by atomic mass is 31.2. The smallest absolute Gasteiger partial charge is 0.377 e. The molecule has 0 atom stereocenters. The molecule has 1 aromatic rings. The zero-order valence-electron chi connectivity index (χ0n) is 15.7. The Bertz CT molecular complexity index is 580. The van der Waals surface area contributed by atoms with Crippen LogP contribution in [-0.4, -0.2) is 27.9 Å². The van der Waals surface area contributed by atoms with Crippen LogP contribution in [0.15, 0.2) is 24.3 Å². The summed E-state index contributed by atoms with van der Waals surface area (Å²) < 4.78 is 57.3. The summed E-state index contributed by atoms with van der Waals surface area (Å²) in [5.41, 5.74) is -3.50. The molecule has 144 valence electrons. The molecule has 0 unspecified atom stereocenters. The van der Waals surface area contributed by atoms with Gasteiger partial charge in [-0.2, -0.15) is 8.78 Å². The summed E-state index contributed by atoms with van der Waals surface area (Å²) in [6.45, 7) is 10.4. The second-order valence-electron chi connectivity index (χ2n) is 6.94. The SMILES string of the molecule is CCOP(=O)(OCC)C(F)(F)c1cccc(COCC[Si](C)(C)C)c1. The molecule has 0 saturated heterocycles. The molecule has 1 aromatic carbocycles. The molecule has 0 aliphatic heterocycles. The van der Waals surface area contributed by atoms with Crippen LogP contribution in [0.3, 0.4) is 0 Å². The Hall–Kier alpha value is -0.593. The van der Waals surface area contributed by atoms with E-state index in [1.165, 1.54) is 32.0 Å². The fourth-order valence-electron chi connectivity index (χ4n) is 2.11. The van der Waals surface area contributed by atoms with Gasteiger partial charge in [0.25, 0.3) is 0 Å². The van der Waals surface area contributed by atoms with Crippen molar-refractivity contribution in [3.05, 3.63) is 35.4 Å². The van der Waals surface area contributed by atoms with Gasteiger partial charge in [-0.15, -0.1) is 0 Å². The van der Waals surface area contributed by atoms with E-state index in [1.807, 2.05) is 0 Å². The highest BCUT2D eigenvalue weighted by Crippen LogP contribution is 2.66. The van der Waals surface area contributed by atoms with Crippen LogP contribution in [0.2, 0.25) is 25.7 Å². The molecule has 1 rings (SSSR count). The van der Waals surface area contributed by atoms with Crippen LogP contribution >= 0.6 is 7.60 Å². The predicted octanol–water partition coefficient (Wildman–Crippen LogP) is 5.86. The number of benzene rings is 1. The van der Waals surface area contributed by atoms with Gasteiger partial charge >= 0.3 is 13.3 Å². The number of rotatable bonds is 11. The van der Waals surface area contributed by atoms with Gasteiger partial charge in [0, 0.05) is 20.2 Å². The van der Waals surface area contributed by atoms with E-state index in [0.29, 0.717) is 12.2 Å². The fraction of sp³-hybridized carbons (Fsp3) is 0.647. The summed E-state index contributed by atoms with van der Waals surface area (Å²) in [6, 6.07) is 6.76. The van der Waals surface area contributed by atoms with Crippen molar-refractivity contribution in [1.29, 1.82) is 0 Å². The van der Waals surface area contributed by atoms with Crippen molar-refractivity contribution in [2.45, 2.75) is 51.8 Å².